The van der Waals surface area contributed by atoms with Gasteiger partial charge < -0.3 is 9.80 Å². The molecule has 0 saturated carbocycles. The van der Waals surface area contributed by atoms with Gasteiger partial charge in [0.1, 0.15) is 4.83 Å². The van der Waals surface area contributed by atoms with Crippen molar-refractivity contribution < 1.29 is 9.59 Å². The first kappa shape index (κ1) is 18.6. The molecule has 1 aromatic carbocycles. The lowest BCUT2D eigenvalue weighted by atomic mass is 10.1. The largest absolute Gasteiger partial charge is 0.345 e. The van der Waals surface area contributed by atoms with Crippen molar-refractivity contribution in [2.75, 3.05) is 20.6 Å². The lowest BCUT2D eigenvalue weighted by molar-refractivity contribution is 0.0756. The monoisotopic (exact) mass is 412 g/mol. The number of benzene rings is 1. The van der Waals surface area contributed by atoms with Crippen LogP contribution in [0.2, 0.25) is 0 Å². The molecule has 28 heavy (non-hydrogen) atoms. The van der Waals surface area contributed by atoms with Crippen LogP contribution >= 0.6 is 22.7 Å². The summed E-state index contributed by atoms with van der Waals surface area (Å²) in [6.07, 6.45) is 1.98. The smallest absolute Gasteiger partial charge is 0.264 e. The van der Waals surface area contributed by atoms with Crippen LogP contribution in [0.5, 0.6) is 0 Å². The summed E-state index contributed by atoms with van der Waals surface area (Å²) >= 11 is 3.02. The van der Waals surface area contributed by atoms with E-state index in [1.54, 1.807) is 30.3 Å². The Balaban J connectivity index is 1.54. The van der Waals surface area contributed by atoms with Gasteiger partial charge in [-0.1, -0.05) is 12.1 Å². The minimum atomic E-state index is -0.0304. The molecule has 0 aliphatic heterocycles. The van der Waals surface area contributed by atoms with E-state index < -0.39 is 0 Å². The zero-order chi connectivity index (χ0) is 19.8. The van der Waals surface area contributed by atoms with Crippen molar-refractivity contribution in [1.82, 2.24) is 19.2 Å². The predicted octanol–water partition coefficient (Wildman–Crippen LogP) is 3.97. The van der Waals surface area contributed by atoms with Gasteiger partial charge in [-0.15, -0.1) is 22.7 Å². The van der Waals surface area contributed by atoms with Gasteiger partial charge in [0.05, 0.1) is 10.4 Å². The molecule has 0 atom stereocenters. The molecule has 0 aliphatic rings. The van der Waals surface area contributed by atoms with Gasteiger partial charge >= 0.3 is 0 Å². The molecule has 0 unspecified atom stereocenters. The minimum absolute atomic E-state index is 0.00271. The van der Waals surface area contributed by atoms with Crippen LogP contribution in [0.3, 0.4) is 0 Å². The lowest BCUT2D eigenvalue weighted by Gasteiger charge is -2.20. The zero-order valence-corrected chi connectivity index (χ0v) is 17.5. The Morgan fingerprint density at radius 3 is 2.57 bits per heavy atom. The number of rotatable bonds is 5. The highest BCUT2D eigenvalue weighted by Gasteiger charge is 2.20. The fraction of sp³-hybridized carbons (Fsp3) is 0.250. The number of thiazole rings is 1. The molecule has 0 fully saturated rings. The van der Waals surface area contributed by atoms with Gasteiger partial charge in [-0.05, 0) is 30.7 Å². The molecule has 0 radical (unpaired) electrons. The molecule has 3 heterocycles. The van der Waals surface area contributed by atoms with Gasteiger partial charge in [0, 0.05) is 44.3 Å². The molecule has 8 heteroatoms. The predicted molar refractivity (Wildman–Crippen MR) is 113 cm³/mol. The number of carbonyl (C=O) groups excluding carboxylic acids is 2. The summed E-state index contributed by atoms with van der Waals surface area (Å²) in [6, 6.07) is 9.36. The van der Waals surface area contributed by atoms with E-state index in [1.165, 1.54) is 11.3 Å². The summed E-state index contributed by atoms with van der Waals surface area (Å²) in [4.78, 5) is 35.5. The normalized spacial score (nSPS) is 11.2. The number of hydrogen-bond acceptors (Lipinski definition) is 5. The molecule has 0 aliphatic carbocycles. The third kappa shape index (κ3) is 3.29. The average Bonchev–Trinajstić information content (AvgIpc) is 3.37. The number of aromatic nitrogens is 2. The second kappa shape index (κ2) is 7.37. The van der Waals surface area contributed by atoms with E-state index in [9.17, 15) is 9.59 Å². The Hall–Kier alpha value is -2.71. The summed E-state index contributed by atoms with van der Waals surface area (Å²) in [5.74, 6) is -0.0277. The van der Waals surface area contributed by atoms with Gasteiger partial charge in [0.2, 0.25) is 0 Å². The lowest BCUT2D eigenvalue weighted by Crippen LogP contribution is -2.29. The third-order valence-corrected chi connectivity index (χ3v) is 6.36. The average molecular weight is 413 g/mol. The fourth-order valence-corrected chi connectivity index (χ4v) is 4.84. The second-order valence-corrected chi connectivity index (χ2v) is 8.59. The van der Waals surface area contributed by atoms with Crippen molar-refractivity contribution in [3.8, 4) is 0 Å². The number of fused-ring (bicyclic) bond motifs is 3. The summed E-state index contributed by atoms with van der Waals surface area (Å²) in [7, 11) is 3.46. The second-order valence-electron chi connectivity index (χ2n) is 6.68. The Labute approximate surface area is 170 Å². The number of carbonyl (C=O) groups is 2. The van der Waals surface area contributed by atoms with Crippen LogP contribution in [-0.4, -0.2) is 51.6 Å². The molecular weight excluding hydrogens is 392 g/mol. The zero-order valence-electron chi connectivity index (χ0n) is 15.9. The SMILES string of the molecule is CCN(Cc1ccc(C(=O)N(C)C)cc1)C(=O)c1cc2c(nc3sccn32)s1. The van der Waals surface area contributed by atoms with Crippen LogP contribution in [0.15, 0.2) is 41.9 Å². The molecular formula is C20H20N4O2S2. The van der Waals surface area contributed by atoms with E-state index in [0.717, 1.165) is 20.9 Å². The van der Waals surface area contributed by atoms with E-state index in [-0.39, 0.29) is 11.8 Å². The van der Waals surface area contributed by atoms with Gasteiger partial charge in [-0.2, -0.15) is 0 Å². The number of amides is 2. The maximum atomic E-state index is 13.0. The highest BCUT2D eigenvalue weighted by atomic mass is 32.1. The van der Waals surface area contributed by atoms with Crippen LogP contribution in [0.25, 0.3) is 15.3 Å². The summed E-state index contributed by atoms with van der Waals surface area (Å²) < 4.78 is 2.02. The Morgan fingerprint density at radius 1 is 1.14 bits per heavy atom. The maximum absolute atomic E-state index is 13.0. The highest BCUT2D eigenvalue weighted by molar-refractivity contribution is 7.21. The first-order valence-electron chi connectivity index (χ1n) is 8.93. The summed E-state index contributed by atoms with van der Waals surface area (Å²) in [6.45, 7) is 3.08. The van der Waals surface area contributed by atoms with Crippen LogP contribution in [0, 0.1) is 0 Å². The van der Waals surface area contributed by atoms with Gasteiger partial charge in [0.25, 0.3) is 11.8 Å². The first-order chi connectivity index (χ1) is 13.5. The first-order valence-corrected chi connectivity index (χ1v) is 10.6. The van der Waals surface area contributed by atoms with E-state index >= 15 is 0 Å². The molecule has 3 aromatic heterocycles. The Kier molecular flexibility index (Phi) is 4.91. The highest BCUT2D eigenvalue weighted by Crippen LogP contribution is 2.29. The molecule has 4 aromatic rings. The molecule has 0 saturated heterocycles. The number of thiophene rings is 1. The molecule has 0 bridgehead atoms. The van der Waals surface area contributed by atoms with Gasteiger partial charge in [-0.3, -0.25) is 14.0 Å². The van der Waals surface area contributed by atoms with E-state index in [0.29, 0.717) is 23.5 Å². The minimum Gasteiger partial charge on any atom is -0.345 e. The van der Waals surface area contributed by atoms with Crippen LogP contribution in [0.4, 0.5) is 0 Å². The Morgan fingerprint density at radius 2 is 1.89 bits per heavy atom. The summed E-state index contributed by atoms with van der Waals surface area (Å²) in [5, 5.41) is 1.99. The van der Waals surface area contributed by atoms with E-state index in [2.05, 4.69) is 4.98 Å². The van der Waals surface area contributed by atoms with Gasteiger partial charge in [0.15, 0.2) is 4.96 Å². The van der Waals surface area contributed by atoms with Crippen LogP contribution in [-0.2, 0) is 6.54 Å². The van der Waals surface area contributed by atoms with Crippen LogP contribution in [0.1, 0.15) is 32.5 Å². The van der Waals surface area contributed by atoms with E-state index in [4.69, 9.17) is 0 Å². The van der Waals surface area contributed by atoms with Crippen LogP contribution < -0.4 is 0 Å². The van der Waals surface area contributed by atoms with Gasteiger partial charge in [-0.25, -0.2) is 4.98 Å². The van der Waals surface area contributed by atoms with Crippen molar-refractivity contribution in [1.29, 1.82) is 0 Å². The quantitative estimate of drug-likeness (QED) is 0.498. The van der Waals surface area contributed by atoms with Crippen molar-refractivity contribution >= 4 is 49.8 Å². The summed E-state index contributed by atoms with van der Waals surface area (Å²) in [5.41, 5.74) is 2.61. The number of nitrogens with zero attached hydrogens (tertiary/aromatic N) is 4. The molecule has 144 valence electrons. The molecule has 2 amide bonds. The number of imidazole rings is 1. The van der Waals surface area contributed by atoms with Crippen molar-refractivity contribution in [2.45, 2.75) is 13.5 Å². The van der Waals surface area contributed by atoms with Crippen molar-refractivity contribution in [3.63, 3.8) is 0 Å². The molecule has 0 N–H and O–H groups in total. The molecule has 4 rings (SSSR count). The standard InChI is InChI=1S/C20H20N4O2S2/c1-4-23(12-13-5-7-14(8-6-13)18(25)22(2)3)19(26)16-11-15-17(28-16)21-20-24(15)9-10-27-20/h5-11H,4,12H2,1-3H3. The van der Waals surface area contributed by atoms with Crippen molar-refractivity contribution in [2.24, 2.45) is 0 Å². The van der Waals surface area contributed by atoms with Crippen molar-refractivity contribution in [3.05, 3.63) is 57.9 Å². The third-order valence-electron chi connectivity index (χ3n) is 4.60. The Bertz CT molecular complexity index is 1150. The maximum Gasteiger partial charge on any atom is 0.264 e. The molecule has 0 spiro atoms. The fourth-order valence-electron chi connectivity index (χ4n) is 3.07. The van der Waals surface area contributed by atoms with E-state index in [1.807, 2.05) is 58.1 Å². The topological polar surface area (TPSA) is 57.9 Å². The molecule has 6 nitrogen and oxygen atoms in total. The number of hydrogen-bond donors (Lipinski definition) is 0.